The number of benzene rings is 3. The molecule has 0 aromatic heterocycles. The van der Waals surface area contributed by atoms with E-state index in [0.29, 0.717) is 17.3 Å². The summed E-state index contributed by atoms with van der Waals surface area (Å²) in [7, 11) is -4.08. The normalized spacial score (nSPS) is 11.1. The molecule has 28 heavy (non-hydrogen) atoms. The Balaban J connectivity index is 1.73. The van der Waals surface area contributed by atoms with E-state index in [1.807, 2.05) is 19.1 Å². The second kappa shape index (κ2) is 7.77. The number of sulfonamides is 1. The first-order valence-electron chi connectivity index (χ1n) is 8.21. The molecule has 0 spiro atoms. The number of aryl methyl sites for hydroxylation is 1. The molecule has 5 nitrogen and oxygen atoms in total. The van der Waals surface area contributed by atoms with Crippen molar-refractivity contribution >= 4 is 27.3 Å². The molecule has 8 heteroatoms. The van der Waals surface area contributed by atoms with E-state index < -0.39 is 26.6 Å². The van der Waals surface area contributed by atoms with Crippen LogP contribution in [0.25, 0.3) is 0 Å². The average Bonchev–Trinajstić information content (AvgIpc) is 2.65. The summed E-state index contributed by atoms with van der Waals surface area (Å²) in [6, 6.07) is 15.4. The van der Waals surface area contributed by atoms with Crippen molar-refractivity contribution in [1.82, 2.24) is 0 Å². The number of anilines is 2. The summed E-state index contributed by atoms with van der Waals surface area (Å²) in [6.07, 6.45) is 0. The predicted molar refractivity (Wildman–Crippen MR) is 103 cm³/mol. The highest BCUT2D eigenvalue weighted by Crippen LogP contribution is 2.20. The van der Waals surface area contributed by atoms with Crippen molar-refractivity contribution in [3.63, 3.8) is 0 Å². The fourth-order valence-corrected chi connectivity index (χ4v) is 3.58. The van der Waals surface area contributed by atoms with Gasteiger partial charge in [-0.15, -0.1) is 0 Å². The molecule has 0 saturated carbocycles. The Hall–Kier alpha value is -3.26. The monoisotopic (exact) mass is 402 g/mol. The molecule has 0 aliphatic carbocycles. The summed E-state index contributed by atoms with van der Waals surface area (Å²) >= 11 is 0. The van der Waals surface area contributed by atoms with Crippen LogP contribution in [0.5, 0.6) is 0 Å². The van der Waals surface area contributed by atoms with E-state index >= 15 is 0 Å². The van der Waals surface area contributed by atoms with Crippen LogP contribution in [0.2, 0.25) is 0 Å². The predicted octanol–water partition coefficient (Wildman–Crippen LogP) is 4.33. The van der Waals surface area contributed by atoms with Gasteiger partial charge >= 0.3 is 0 Å². The smallest absolute Gasteiger partial charge is 0.261 e. The van der Waals surface area contributed by atoms with Crippen molar-refractivity contribution in [2.24, 2.45) is 0 Å². The molecule has 3 aromatic rings. The summed E-state index contributed by atoms with van der Waals surface area (Å²) in [5.74, 6) is -2.67. The Morgan fingerprint density at radius 1 is 0.857 bits per heavy atom. The number of hydrogen-bond acceptors (Lipinski definition) is 3. The zero-order chi connectivity index (χ0) is 20.3. The minimum atomic E-state index is -4.08. The van der Waals surface area contributed by atoms with Gasteiger partial charge in [-0.1, -0.05) is 18.2 Å². The lowest BCUT2D eigenvalue weighted by Gasteiger charge is -2.10. The molecule has 3 aromatic carbocycles. The molecule has 3 rings (SSSR count). The first-order chi connectivity index (χ1) is 13.3. The SMILES string of the molecule is Cc1ccccc1C(=O)Nc1ccc(NS(=O)(=O)c2ccc(F)c(F)c2)cc1. The van der Waals surface area contributed by atoms with Gasteiger partial charge in [0.15, 0.2) is 11.6 Å². The van der Waals surface area contributed by atoms with E-state index in [4.69, 9.17) is 0 Å². The highest BCUT2D eigenvalue weighted by atomic mass is 32.2. The highest BCUT2D eigenvalue weighted by molar-refractivity contribution is 7.92. The molecule has 0 fully saturated rings. The van der Waals surface area contributed by atoms with Gasteiger partial charge in [0, 0.05) is 16.9 Å². The van der Waals surface area contributed by atoms with Crippen LogP contribution in [0, 0.1) is 18.6 Å². The molecule has 0 radical (unpaired) electrons. The third-order valence-electron chi connectivity index (χ3n) is 3.99. The third-order valence-corrected chi connectivity index (χ3v) is 5.37. The largest absolute Gasteiger partial charge is 0.322 e. The Morgan fingerprint density at radius 3 is 2.14 bits per heavy atom. The van der Waals surface area contributed by atoms with E-state index in [0.717, 1.165) is 17.7 Å². The maximum atomic E-state index is 13.3. The van der Waals surface area contributed by atoms with Gasteiger partial charge in [-0.25, -0.2) is 17.2 Å². The molecule has 0 bridgehead atoms. The minimum absolute atomic E-state index is 0.207. The van der Waals surface area contributed by atoms with Gasteiger partial charge in [0.05, 0.1) is 4.90 Å². The Morgan fingerprint density at radius 2 is 1.50 bits per heavy atom. The molecule has 0 atom stereocenters. The molecule has 2 N–H and O–H groups in total. The van der Waals surface area contributed by atoms with Gasteiger partial charge in [-0.3, -0.25) is 9.52 Å². The second-order valence-electron chi connectivity index (χ2n) is 6.03. The number of nitrogens with one attached hydrogen (secondary N) is 2. The fraction of sp³-hybridized carbons (Fsp3) is 0.0500. The molecule has 0 aliphatic rings. The van der Waals surface area contributed by atoms with Crippen LogP contribution in [-0.2, 0) is 10.0 Å². The van der Waals surface area contributed by atoms with Crippen LogP contribution in [0.15, 0.2) is 71.6 Å². The van der Waals surface area contributed by atoms with Crippen LogP contribution in [0.1, 0.15) is 15.9 Å². The summed E-state index contributed by atoms with van der Waals surface area (Å²) in [5, 5.41) is 2.73. The molecule has 0 saturated heterocycles. The van der Waals surface area contributed by atoms with E-state index in [1.54, 1.807) is 12.1 Å². The van der Waals surface area contributed by atoms with Crippen LogP contribution < -0.4 is 10.0 Å². The number of carbonyl (C=O) groups is 1. The van der Waals surface area contributed by atoms with Crippen molar-refractivity contribution < 1.29 is 22.0 Å². The van der Waals surface area contributed by atoms with Gasteiger partial charge in [0.2, 0.25) is 0 Å². The first kappa shape index (κ1) is 19.5. The molecule has 0 aliphatic heterocycles. The first-order valence-corrected chi connectivity index (χ1v) is 9.69. The lowest BCUT2D eigenvalue weighted by atomic mass is 10.1. The number of amides is 1. The Labute approximate surface area is 161 Å². The average molecular weight is 402 g/mol. The van der Waals surface area contributed by atoms with Gasteiger partial charge in [0.1, 0.15) is 0 Å². The van der Waals surface area contributed by atoms with E-state index in [9.17, 15) is 22.0 Å². The maximum absolute atomic E-state index is 13.3. The summed E-state index contributed by atoms with van der Waals surface area (Å²) in [5.41, 5.74) is 2.05. The number of carbonyl (C=O) groups excluding carboxylic acids is 1. The lowest BCUT2D eigenvalue weighted by molar-refractivity contribution is 0.102. The Bertz CT molecular complexity index is 1130. The fourth-order valence-electron chi connectivity index (χ4n) is 2.51. The molecule has 0 unspecified atom stereocenters. The van der Waals surface area contributed by atoms with Gasteiger partial charge in [0.25, 0.3) is 15.9 Å². The van der Waals surface area contributed by atoms with Crippen molar-refractivity contribution in [2.75, 3.05) is 10.0 Å². The van der Waals surface area contributed by atoms with Gasteiger partial charge < -0.3 is 5.32 Å². The maximum Gasteiger partial charge on any atom is 0.261 e. The highest BCUT2D eigenvalue weighted by Gasteiger charge is 2.17. The lowest BCUT2D eigenvalue weighted by Crippen LogP contribution is -2.14. The van der Waals surface area contributed by atoms with Gasteiger partial charge in [-0.05, 0) is 61.0 Å². The topological polar surface area (TPSA) is 75.3 Å². The van der Waals surface area contributed by atoms with Crippen molar-refractivity contribution in [3.05, 3.63) is 89.5 Å². The third kappa shape index (κ3) is 4.34. The van der Waals surface area contributed by atoms with Crippen molar-refractivity contribution in [2.45, 2.75) is 11.8 Å². The summed E-state index contributed by atoms with van der Waals surface area (Å²) in [4.78, 5) is 11.9. The summed E-state index contributed by atoms with van der Waals surface area (Å²) < 4.78 is 53.1. The van der Waals surface area contributed by atoms with Crippen LogP contribution >= 0.6 is 0 Å². The Kier molecular flexibility index (Phi) is 5.41. The van der Waals surface area contributed by atoms with Gasteiger partial charge in [-0.2, -0.15) is 0 Å². The molecule has 1 amide bonds. The van der Waals surface area contributed by atoms with E-state index in [2.05, 4.69) is 10.0 Å². The standard InChI is InChI=1S/C20H16F2N2O3S/c1-13-4-2-3-5-17(13)20(25)23-14-6-8-15(9-7-14)24-28(26,27)16-10-11-18(21)19(22)12-16/h2-12,24H,1H3,(H,23,25). The van der Waals surface area contributed by atoms with Crippen LogP contribution in [0.3, 0.4) is 0 Å². The van der Waals surface area contributed by atoms with Crippen molar-refractivity contribution in [1.29, 1.82) is 0 Å². The van der Waals surface area contributed by atoms with E-state index in [-0.39, 0.29) is 11.6 Å². The van der Waals surface area contributed by atoms with Crippen LogP contribution in [-0.4, -0.2) is 14.3 Å². The second-order valence-corrected chi connectivity index (χ2v) is 7.71. The minimum Gasteiger partial charge on any atom is -0.322 e. The number of rotatable bonds is 5. The van der Waals surface area contributed by atoms with Crippen LogP contribution in [0.4, 0.5) is 20.2 Å². The molecule has 0 heterocycles. The molecular weight excluding hydrogens is 386 g/mol. The van der Waals surface area contributed by atoms with Crippen molar-refractivity contribution in [3.8, 4) is 0 Å². The zero-order valence-corrected chi connectivity index (χ0v) is 15.6. The molecular formula is C20H16F2N2O3S. The van der Waals surface area contributed by atoms with E-state index in [1.165, 1.54) is 24.3 Å². The quantitative estimate of drug-likeness (QED) is 0.667. The number of halogens is 2. The summed E-state index contributed by atoms with van der Waals surface area (Å²) in [6.45, 7) is 1.82. The number of hydrogen-bond donors (Lipinski definition) is 2. The zero-order valence-electron chi connectivity index (χ0n) is 14.7. The molecule has 144 valence electrons.